The molecule has 1 atom stereocenters. The Bertz CT molecular complexity index is 515. The number of halogens is 4. The molecule has 1 N–H and O–H groups in total. The van der Waals surface area contributed by atoms with Gasteiger partial charge in [0.2, 0.25) is 0 Å². The molecule has 1 fully saturated rings. The number of nitrogens with one attached hydrogen (secondary N) is 1. The molecule has 3 rings (SSSR count). The monoisotopic (exact) mass is 291 g/mol. The highest BCUT2D eigenvalue weighted by molar-refractivity contribution is 5.45. The standard InChI is InChI=1S/C13H13F4NO2/c14-12(15)13(16,17)20-11-7-8(3-4-10(11)19-12)6-9-2-1-5-18-9/h3-4,7,9,18H,1-2,5-6H2. The second-order valence-corrected chi connectivity index (χ2v) is 5.02. The van der Waals surface area contributed by atoms with Crippen LogP contribution in [0.3, 0.4) is 0 Å². The summed E-state index contributed by atoms with van der Waals surface area (Å²) in [4.78, 5) is 0. The van der Waals surface area contributed by atoms with Crippen LogP contribution in [-0.4, -0.2) is 24.8 Å². The predicted octanol–water partition coefficient (Wildman–Crippen LogP) is 2.94. The minimum absolute atomic E-state index is 0.277. The summed E-state index contributed by atoms with van der Waals surface area (Å²) in [6.45, 7) is 0.930. The van der Waals surface area contributed by atoms with Gasteiger partial charge in [-0.3, -0.25) is 0 Å². The van der Waals surface area contributed by atoms with Crippen LogP contribution in [0.2, 0.25) is 0 Å². The molecular weight excluding hydrogens is 278 g/mol. The fourth-order valence-electron chi connectivity index (χ4n) is 2.45. The maximum absolute atomic E-state index is 13.1. The summed E-state index contributed by atoms with van der Waals surface area (Å²) in [6.07, 6.45) is -6.61. The summed E-state index contributed by atoms with van der Waals surface area (Å²) in [5.74, 6) is -0.722. The van der Waals surface area contributed by atoms with Gasteiger partial charge in [-0.15, -0.1) is 0 Å². The number of ether oxygens (including phenoxy) is 2. The van der Waals surface area contributed by atoms with Gasteiger partial charge < -0.3 is 14.8 Å². The van der Waals surface area contributed by atoms with Crippen molar-refractivity contribution in [2.45, 2.75) is 37.5 Å². The Kier molecular flexibility index (Phi) is 3.04. The number of alkyl halides is 4. The molecule has 1 aromatic carbocycles. The lowest BCUT2D eigenvalue weighted by atomic mass is 10.0. The lowest BCUT2D eigenvalue weighted by Gasteiger charge is -2.32. The van der Waals surface area contributed by atoms with Crippen molar-refractivity contribution < 1.29 is 27.0 Å². The zero-order valence-electron chi connectivity index (χ0n) is 10.5. The van der Waals surface area contributed by atoms with Gasteiger partial charge in [0.25, 0.3) is 0 Å². The first-order chi connectivity index (χ1) is 9.37. The van der Waals surface area contributed by atoms with Crippen molar-refractivity contribution in [3.8, 4) is 11.5 Å². The average molecular weight is 291 g/mol. The fraction of sp³-hybridized carbons (Fsp3) is 0.538. The van der Waals surface area contributed by atoms with E-state index in [0.29, 0.717) is 6.42 Å². The molecule has 1 unspecified atom stereocenters. The summed E-state index contributed by atoms with van der Waals surface area (Å²) in [7, 11) is 0. The topological polar surface area (TPSA) is 30.5 Å². The van der Waals surface area contributed by atoms with Crippen molar-refractivity contribution in [1.82, 2.24) is 5.32 Å². The number of hydrogen-bond donors (Lipinski definition) is 1. The zero-order chi connectivity index (χ0) is 14.4. The summed E-state index contributed by atoms with van der Waals surface area (Å²) >= 11 is 0. The van der Waals surface area contributed by atoms with E-state index in [9.17, 15) is 17.6 Å². The van der Waals surface area contributed by atoms with Gasteiger partial charge in [0, 0.05) is 6.04 Å². The maximum Gasteiger partial charge on any atom is 0.507 e. The third kappa shape index (κ3) is 2.30. The first-order valence-corrected chi connectivity index (χ1v) is 6.37. The normalized spacial score (nSPS) is 26.5. The lowest BCUT2D eigenvalue weighted by molar-refractivity contribution is -0.391. The van der Waals surface area contributed by atoms with E-state index in [1.54, 1.807) is 6.07 Å². The largest absolute Gasteiger partial charge is 0.507 e. The van der Waals surface area contributed by atoms with Crippen molar-refractivity contribution in [2.24, 2.45) is 0 Å². The molecular formula is C13H13F4NO2. The smallest absolute Gasteiger partial charge is 0.421 e. The van der Waals surface area contributed by atoms with Crippen molar-refractivity contribution in [2.75, 3.05) is 6.54 Å². The molecule has 20 heavy (non-hydrogen) atoms. The predicted molar refractivity (Wildman–Crippen MR) is 62.3 cm³/mol. The van der Waals surface area contributed by atoms with Crippen LogP contribution in [0.5, 0.6) is 11.5 Å². The van der Waals surface area contributed by atoms with Gasteiger partial charge in [-0.2, -0.15) is 17.6 Å². The van der Waals surface area contributed by atoms with E-state index < -0.39 is 12.2 Å². The minimum Gasteiger partial charge on any atom is -0.421 e. The Hall–Kier alpha value is -1.50. The Labute approximate surface area is 112 Å². The van der Waals surface area contributed by atoms with Gasteiger partial charge in [0.15, 0.2) is 11.5 Å². The Balaban J connectivity index is 1.83. The quantitative estimate of drug-likeness (QED) is 0.850. The summed E-state index contributed by atoms with van der Waals surface area (Å²) < 4.78 is 60.3. The van der Waals surface area contributed by atoms with Crippen LogP contribution in [0.1, 0.15) is 18.4 Å². The van der Waals surface area contributed by atoms with E-state index in [2.05, 4.69) is 14.8 Å². The first-order valence-electron chi connectivity index (χ1n) is 6.37. The van der Waals surface area contributed by atoms with Gasteiger partial charge in [-0.05, 0) is 43.5 Å². The molecule has 2 aliphatic heterocycles. The van der Waals surface area contributed by atoms with Crippen LogP contribution >= 0.6 is 0 Å². The molecule has 0 saturated carbocycles. The van der Waals surface area contributed by atoms with Crippen LogP contribution in [0.15, 0.2) is 18.2 Å². The highest BCUT2D eigenvalue weighted by atomic mass is 19.3. The van der Waals surface area contributed by atoms with Crippen LogP contribution in [0, 0.1) is 0 Å². The van der Waals surface area contributed by atoms with E-state index in [1.165, 1.54) is 12.1 Å². The Morgan fingerprint density at radius 1 is 1.10 bits per heavy atom. The summed E-state index contributed by atoms with van der Waals surface area (Å²) in [5, 5.41) is 3.27. The van der Waals surface area contributed by atoms with Gasteiger partial charge in [-0.1, -0.05) is 6.07 Å². The minimum atomic E-state index is -4.66. The first kappa shape index (κ1) is 13.5. The van der Waals surface area contributed by atoms with E-state index >= 15 is 0 Å². The number of benzene rings is 1. The van der Waals surface area contributed by atoms with Crippen molar-refractivity contribution in [3.05, 3.63) is 23.8 Å². The van der Waals surface area contributed by atoms with Crippen LogP contribution in [-0.2, 0) is 6.42 Å². The third-order valence-electron chi connectivity index (χ3n) is 3.47. The molecule has 0 spiro atoms. The maximum atomic E-state index is 13.1. The summed E-state index contributed by atoms with van der Waals surface area (Å²) in [5.41, 5.74) is 0.743. The lowest BCUT2D eigenvalue weighted by Crippen LogP contribution is -2.52. The van der Waals surface area contributed by atoms with Gasteiger partial charge >= 0.3 is 12.2 Å². The summed E-state index contributed by atoms with van der Waals surface area (Å²) in [6, 6.07) is 4.43. The molecule has 2 aliphatic rings. The van der Waals surface area contributed by atoms with Crippen LogP contribution < -0.4 is 14.8 Å². The van der Waals surface area contributed by atoms with E-state index in [4.69, 9.17) is 0 Å². The average Bonchev–Trinajstić information content (AvgIpc) is 2.83. The highest BCUT2D eigenvalue weighted by Crippen LogP contribution is 2.47. The third-order valence-corrected chi connectivity index (χ3v) is 3.47. The SMILES string of the molecule is FC1(F)Oc2ccc(CC3CCCN3)cc2OC1(F)F. The zero-order valence-corrected chi connectivity index (χ0v) is 10.5. The molecule has 3 nitrogen and oxygen atoms in total. The van der Waals surface area contributed by atoms with E-state index in [0.717, 1.165) is 24.9 Å². The van der Waals surface area contributed by atoms with Crippen molar-refractivity contribution in [1.29, 1.82) is 0 Å². The molecule has 1 aromatic rings. The molecule has 0 amide bonds. The van der Waals surface area contributed by atoms with Crippen LogP contribution in [0.4, 0.5) is 17.6 Å². The van der Waals surface area contributed by atoms with Crippen molar-refractivity contribution >= 4 is 0 Å². The molecule has 0 aliphatic carbocycles. The van der Waals surface area contributed by atoms with Gasteiger partial charge in [-0.25, -0.2) is 0 Å². The molecule has 0 aromatic heterocycles. The highest BCUT2D eigenvalue weighted by Gasteiger charge is 2.65. The second kappa shape index (κ2) is 4.51. The van der Waals surface area contributed by atoms with Gasteiger partial charge in [0.1, 0.15) is 0 Å². The Morgan fingerprint density at radius 3 is 2.45 bits per heavy atom. The molecule has 1 saturated heterocycles. The Morgan fingerprint density at radius 2 is 1.80 bits per heavy atom. The van der Waals surface area contributed by atoms with E-state index in [1.807, 2.05) is 0 Å². The molecule has 0 bridgehead atoms. The number of fused-ring (bicyclic) bond motifs is 1. The van der Waals surface area contributed by atoms with E-state index in [-0.39, 0.29) is 17.5 Å². The number of rotatable bonds is 2. The van der Waals surface area contributed by atoms with Gasteiger partial charge in [0.05, 0.1) is 0 Å². The van der Waals surface area contributed by atoms with Crippen molar-refractivity contribution in [3.63, 3.8) is 0 Å². The number of hydrogen-bond acceptors (Lipinski definition) is 3. The molecule has 2 heterocycles. The molecule has 0 radical (unpaired) electrons. The molecule has 110 valence electrons. The fourth-order valence-corrected chi connectivity index (χ4v) is 2.45. The van der Waals surface area contributed by atoms with Crippen LogP contribution in [0.25, 0.3) is 0 Å². The molecule has 7 heteroatoms. The second-order valence-electron chi connectivity index (χ2n) is 5.02.